The van der Waals surface area contributed by atoms with Crippen molar-refractivity contribution in [3.8, 4) is 17.2 Å². The van der Waals surface area contributed by atoms with Crippen molar-refractivity contribution in [3.05, 3.63) is 12.1 Å². The predicted molar refractivity (Wildman–Crippen MR) is 54.8 cm³/mol. The number of hydrogen-bond acceptors (Lipinski definition) is 3. The van der Waals surface area contributed by atoms with Gasteiger partial charge in [-0.25, -0.2) is 0 Å². The molecular formula is C9H11BF3KO3. The van der Waals surface area contributed by atoms with Crippen molar-refractivity contribution >= 4 is 12.4 Å². The van der Waals surface area contributed by atoms with Crippen LogP contribution >= 0.6 is 0 Å². The van der Waals surface area contributed by atoms with Crippen molar-refractivity contribution in [1.29, 1.82) is 0 Å². The predicted octanol–water partition coefficient (Wildman–Crippen LogP) is -1.23. The molecule has 1 rings (SSSR count). The Morgan fingerprint density at radius 2 is 1.29 bits per heavy atom. The summed E-state index contributed by atoms with van der Waals surface area (Å²) in [4.78, 5) is 0. The van der Waals surface area contributed by atoms with E-state index in [2.05, 4.69) is 0 Å². The Morgan fingerprint density at radius 3 is 1.53 bits per heavy atom. The van der Waals surface area contributed by atoms with Gasteiger partial charge in [0.15, 0.2) is 11.5 Å². The van der Waals surface area contributed by atoms with Gasteiger partial charge in [0, 0.05) is 0 Å². The molecule has 0 aliphatic heterocycles. The summed E-state index contributed by atoms with van der Waals surface area (Å²) in [5.41, 5.74) is -0.783. The third-order valence-corrected chi connectivity index (χ3v) is 2.07. The number of ether oxygens (including phenoxy) is 3. The second-order valence-electron chi connectivity index (χ2n) is 3.03. The van der Waals surface area contributed by atoms with Crippen LogP contribution < -0.4 is 71.1 Å². The van der Waals surface area contributed by atoms with Crippen molar-refractivity contribution in [2.45, 2.75) is 0 Å². The first-order chi connectivity index (χ1) is 7.43. The van der Waals surface area contributed by atoms with Crippen molar-refractivity contribution in [2.24, 2.45) is 0 Å². The van der Waals surface area contributed by atoms with Gasteiger partial charge in [-0.2, -0.15) is 0 Å². The van der Waals surface area contributed by atoms with Crippen LogP contribution in [-0.2, 0) is 0 Å². The van der Waals surface area contributed by atoms with Gasteiger partial charge >= 0.3 is 58.4 Å². The standard InChI is InChI=1S/C9H11BF3O3.K/c1-14-7-4-6(10(11,12)13)5-8(15-2)9(7)16-3;/h4-5H,1-3H3;/q-1;+1. The van der Waals surface area contributed by atoms with Crippen LogP contribution in [0.4, 0.5) is 12.9 Å². The molecular weight excluding hydrogens is 263 g/mol. The van der Waals surface area contributed by atoms with E-state index >= 15 is 0 Å². The molecule has 90 valence electrons. The zero-order chi connectivity index (χ0) is 12.3. The van der Waals surface area contributed by atoms with Crippen LogP contribution in [-0.4, -0.2) is 28.3 Å². The minimum absolute atomic E-state index is 0. The molecule has 0 fully saturated rings. The molecule has 0 unspecified atom stereocenters. The first-order valence-corrected chi connectivity index (χ1v) is 4.44. The molecule has 17 heavy (non-hydrogen) atoms. The van der Waals surface area contributed by atoms with Crippen molar-refractivity contribution in [1.82, 2.24) is 0 Å². The summed E-state index contributed by atoms with van der Waals surface area (Å²) in [6.07, 6.45) is 0. The second kappa shape index (κ2) is 6.89. The van der Waals surface area contributed by atoms with Gasteiger partial charge in [0.25, 0.3) is 0 Å². The van der Waals surface area contributed by atoms with Crippen LogP contribution in [0, 0.1) is 0 Å². The fraction of sp³-hybridized carbons (Fsp3) is 0.333. The number of rotatable bonds is 4. The van der Waals surface area contributed by atoms with Crippen LogP contribution in [0.1, 0.15) is 0 Å². The van der Waals surface area contributed by atoms with Gasteiger partial charge in [0.05, 0.1) is 21.3 Å². The molecule has 0 spiro atoms. The Balaban J connectivity index is 0.00000256. The quantitative estimate of drug-likeness (QED) is 0.644. The zero-order valence-electron chi connectivity index (χ0n) is 10.1. The number of benzene rings is 1. The van der Waals surface area contributed by atoms with Gasteiger partial charge in [-0.15, -0.1) is 5.46 Å². The molecule has 0 heterocycles. The minimum Gasteiger partial charge on any atom is -0.493 e. The largest absolute Gasteiger partial charge is 1.00 e. The molecule has 0 N–H and O–H groups in total. The van der Waals surface area contributed by atoms with Crippen LogP contribution in [0.2, 0.25) is 0 Å². The number of methoxy groups -OCH3 is 3. The average Bonchev–Trinajstić information content (AvgIpc) is 2.25. The Hall–Kier alpha value is 0.111. The van der Waals surface area contributed by atoms with Gasteiger partial charge in [-0.3, -0.25) is 0 Å². The Labute approximate surface area is 140 Å². The summed E-state index contributed by atoms with van der Waals surface area (Å²) in [6, 6.07) is 1.78. The molecule has 0 radical (unpaired) electrons. The summed E-state index contributed by atoms with van der Waals surface area (Å²) in [5.74, 6) is 0.140. The van der Waals surface area contributed by atoms with E-state index in [9.17, 15) is 12.9 Å². The topological polar surface area (TPSA) is 27.7 Å². The molecule has 0 atom stereocenters. The van der Waals surface area contributed by atoms with Gasteiger partial charge in [-0.1, -0.05) is 0 Å². The Morgan fingerprint density at radius 1 is 0.882 bits per heavy atom. The molecule has 0 aromatic heterocycles. The molecule has 0 saturated carbocycles. The van der Waals surface area contributed by atoms with Crippen LogP contribution in [0.15, 0.2) is 12.1 Å². The van der Waals surface area contributed by atoms with Crippen LogP contribution in [0.3, 0.4) is 0 Å². The number of hydrogen-bond donors (Lipinski definition) is 0. The second-order valence-corrected chi connectivity index (χ2v) is 3.03. The smallest absolute Gasteiger partial charge is 0.493 e. The first kappa shape index (κ1) is 17.1. The van der Waals surface area contributed by atoms with E-state index in [0.29, 0.717) is 0 Å². The third-order valence-electron chi connectivity index (χ3n) is 2.07. The average molecular weight is 274 g/mol. The minimum atomic E-state index is -5.09. The maximum Gasteiger partial charge on any atom is 1.00 e. The van der Waals surface area contributed by atoms with E-state index in [0.717, 1.165) is 12.1 Å². The van der Waals surface area contributed by atoms with E-state index in [1.807, 2.05) is 0 Å². The summed E-state index contributed by atoms with van der Waals surface area (Å²) >= 11 is 0. The van der Waals surface area contributed by atoms with Gasteiger partial charge in [0.1, 0.15) is 0 Å². The van der Waals surface area contributed by atoms with Crippen molar-refractivity contribution < 1.29 is 78.5 Å². The summed E-state index contributed by atoms with van der Waals surface area (Å²) in [5, 5.41) is 0. The van der Waals surface area contributed by atoms with Crippen LogP contribution in [0.25, 0.3) is 0 Å². The fourth-order valence-corrected chi connectivity index (χ4v) is 1.29. The van der Waals surface area contributed by atoms with Crippen LogP contribution in [0.5, 0.6) is 17.2 Å². The Bertz CT molecular complexity index is 359. The molecule has 0 saturated heterocycles. The van der Waals surface area contributed by atoms with Crippen molar-refractivity contribution in [3.63, 3.8) is 0 Å². The van der Waals surface area contributed by atoms with Crippen molar-refractivity contribution in [2.75, 3.05) is 21.3 Å². The van der Waals surface area contributed by atoms with Gasteiger partial charge < -0.3 is 27.2 Å². The zero-order valence-corrected chi connectivity index (χ0v) is 13.2. The maximum atomic E-state index is 12.6. The number of halogens is 3. The van der Waals surface area contributed by atoms with Gasteiger partial charge in [0.2, 0.25) is 5.75 Å². The fourth-order valence-electron chi connectivity index (χ4n) is 1.29. The van der Waals surface area contributed by atoms with E-state index in [-0.39, 0.29) is 68.6 Å². The molecule has 0 bridgehead atoms. The molecule has 0 amide bonds. The van der Waals surface area contributed by atoms with E-state index in [1.54, 1.807) is 0 Å². The van der Waals surface area contributed by atoms with Gasteiger partial charge in [-0.05, 0) is 12.1 Å². The van der Waals surface area contributed by atoms with E-state index in [1.165, 1.54) is 21.3 Å². The third kappa shape index (κ3) is 4.06. The molecule has 1 aromatic carbocycles. The maximum absolute atomic E-state index is 12.6. The molecule has 0 aliphatic rings. The molecule has 8 heteroatoms. The SMILES string of the molecule is COc1cc([B-](F)(F)F)cc(OC)c1OC.[K+]. The first-order valence-electron chi connectivity index (χ1n) is 4.44. The molecule has 0 aliphatic carbocycles. The van der Waals surface area contributed by atoms with E-state index in [4.69, 9.17) is 14.2 Å². The normalized spacial score (nSPS) is 10.5. The molecule has 1 aromatic rings. The Kier molecular flexibility index (Phi) is 6.93. The molecule has 3 nitrogen and oxygen atoms in total. The van der Waals surface area contributed by atoms with E-state index < -0.39 is 12.4 Å². The summed E-state index contributed by atoms with van der Waals surface area (Å²) in [6.45, 7) is -5.09. The summed E-state index contributed by atoms with van der Waals surface area (Å²) < 4.78 is 52.3. The monoisotopic (exact) mass is 274 g/mol. The summed E-state index contributed by atoms with van der Waals surface area (Å²) in [7, 11) is 3.87.